The second-order valence-corrected chi connectivity index (χ2v) is 7.42. The normalized spacial score (nSPS) is 13.9. The van der Waals surface area contributed by atoms with Gasteiger partial charge in [-0.1, -0.05) is 46.9 Å². The quantitative estimate of drug-likeness (QED) is 0.559. The summed E-state index contributed by atoms with van der Waals surface area (Å²) in [7, 11) is 0. The summed E-state index contributed by atoms with van der Waals surface area (Å²) >= 11 is 18.6. The lowest BCUT2D eigenvalue weighted by Gasteiger charge is -2.10. The van der Waals surface area contributed by atoms with Crippen molar-refractivity contribution < 1.29 is 0 Å². The number of hydrogen-bond donors (Lipinski definition) is 1. The molecule has 0 amide bonds. The zero-order valence-electron chi connectivity index (χ0n) is 13.4. The Morgan fingerprint density at radius 2 is 1.72 bits per heavy atom. The number of aromatic nitrogens is 2. The van der Waals surface area contributed by atoms with Crippen LogP contribution in [-0.4, -0.2) is 16.3 Å². The third kappa shape index (κ3) is 3.37. The molecule has 0 aliphatic carbocycles. The van der Waals surface area contributed by atoms with E-state index in [1.165, 1.54) is 5.56 Å². The SMILES string of the molecule is Clc1cccc(-c2nn(-c3cc(Cl)cc(Cl)c3)c3c2CCCCN3)c1. The molecule has 0 fully saturated rings. The molecule has 2 aromatic carbocycles. The first-order valence-electron chi connectivity index (χ1n) is 8.20. The second kappa shape index (κ2) is 6.91. The summed E-state index contributed by atoms with van der Waals surface area (Å²) < 4.78 is 1.90. The third-order valence-electron chi connectivity index (χ3n) is 4.32. The Morgan fingerprint density at radius 1 is 0.920 bits per heavy atom. The Morgan fingerprint density at radius 3 is 2.48 bits per heavy atom. The monoisotopic (exact) mass is 391 g/mol. The lowest BCUT2D eigenvalue weighted by atomic mass is 10.0. The van der Waals surface area contributed by atoms with Gasteiger partial charge in [-0.25, -0.2) is 4.68 Å². The molecule has 0 radical (unpaired) electrons. The molecule has 128 valence electrons. The fourth-order valence-electron chi connectivity index (χ4n) is 3.22. The highest BCUT2D eigenvalue weighted by Crippen LogP contribution is 2.35. The van der Waals surface area contributed by atoms with Crippen molar-refractivity contribution in [3.63, 3.8) is 0 Å². The average molecular weight is 393 g/mol. The first-order chi connectivity index (χ1) is 12.1. The van der Waals surface area contributed by atoms with Crippen molar-refractivity contribution in [2.24, 2.45) is 0 Å². The highest BCUT2D eigenvalue weighted by atomic mass is 35.5. The van der Waals surface area contributed by atoms with Crippen LogP contribution in [0.15, 0.2) is 42.5 Å². The van der Waals surface area contributed by atoms with Crippen LogP contribution in [0.2, 0.25) is 15.1 Å². The molecule has 2 heterocycles. The molecule has 0 spiro atoms. The largest absolute Gasteiger partial charge is 0.370 e. The van der Waals surface area contributed by atoms with Crippen molar-refractivity contribution in [3.8, 4) is 16.9 Å². The van der Waals surface area contributed by atoms with Gasteiger partial charge >= 0.3 is 0 Å². The Hall–Kier alpha value is -1.68. The number of anilines is 1. The van der Waals surface area contributed by atoms with Gasteiger partial charge in [-0.2, -0.15) is 5.10 Å². The predicted octanol–water partition coefficient (Wildman–Crippen LogP) is 6.25. The summed E-state index contributed by atoms with van der Waals surface area (Å²) in [5.74, 6) is 1.01. The van der Waals surface area contributed by atoms with E-state index in [1.807, 2.05) is 41.1 Å². The van der Waals surface area contributed by atoms with E-state index in [0.29, 0.717) is 15.1 Å². The van der Waals surface area contributed by atoms with Crippen molar-refractivity contribution in [3.05, 3.63) is 63.1 Å². The standard InChI is InChI=1S/C19H16Cl3N3/c20-13-5-3-4-12(8-13)18-17-6-1-2-7-23-19(17)25(24-18)16-10-14(21)9-15(22)11-16/h3-5,8-11,23H,1-2,6-7H2. The van der Waals surface area contributed by atoms with Crippen LogP contribution in [0.4, 0.5) is 5.82 Å². The van der Waals surface area contributed by atoms with E-state index < -0.39 is 0 Å². The zero-order chi connectivity index (χ0) is 17.4. The molecule has 6 heteroatoms. The fourth-order valence-corrected chi connectivity index (χ4v) is 3.92. The van der Waals surface area contributed by atoms with Gasteiger partial charge in [0, 0.05) is 32.7 Å². The number of nitrogens with zero attached hydrogens (tertiary/aromatic N) is 2. The molecule has 1 N–H and O–H groups in total. The lowest BCUT2D eigenvalue weighted by molar-refractivity contribution is 0.780. The molecule has 1 aromatic heterocycles. The van der Waals surface area contributed by atoms with Crippen LogP contribution >= 0.6 is 34.8 Å². The minimum absolute atomic E-state index is 0.588. The van der Waals surface area contributed by atoms with E-state index in [1.54, 1.807) is 6.07 Å². The summed E-state index contributed by atoms with van der Waals surface area (Å²) in [5, 5.41) is 10.3. The van der Waals surface area contributed by atoms with Gasteiger partial charge in [0.05, 0.1) is 11.4 Å². The highest BCUT2D eigenvalue weighted by molar-refractivity contribution is 6.34. The van der Waals surface area contributed by atoms with Crippen molar-refractivity contribution in [2.75, 3.05) is 11.9 Å². The predicted molar refractivity (Wildman–Crippen MR) is 105 cm³/mol. The molecule has 0 atom stereocenters. The Labute approximate surface area is 161 Å². The Bertz CT molecular complexity index is 913. The summed E-state index contributed by atoms with van der Waals surface area (Å²) in [6, 6.07) is 13.3. The van der Waals surface area contributed by atoms with Crippen molar-refractivity contribution in [1.82, 2.24) is 9.78 Å². The van der Waals surface area contributed by atoms with Gasteiger partial charge in [-0.15, -0.1) is 0 Å². The van der Waals surface area contributed by atoms with Gasteiger partial charge in [-0.05, 0) is 49.6 Å². The van der Waals surface area contributed by atoms with Gasteiger partial charge in [0.25, 0.3) is 0 Å². The maximum atomic E-state index is 6.20. The van der Waals surface area contributed by atoms with E-state index in [9.17, 15) is 0 Å². The molecule has 3 nitrogen and oxygen atoms in total. The number of benzene rings is 2. The third-order valence-corrected chi connectivity index (χ3v) is 4.99. The van der Waals surface area contributed by atoms with Crippen molar-refractivity contribution in [2.45, 2.75) is 19.3 Å². The summed E-state index contributed by atoms with van der Waals surface area (Å²) in [5.41, 5.74) is 4.01. The van der Waals surface area contributed by atoms with Gasteiger partial charge < -0.3 is 5.32 Å². The zero-order valence-corrected chi connectivity index (χ0v) is 15.7. The van der Waals surface area contributed by atoms with Gasteiger partial charge in [0.15, 0.2) is 0 Å². The molecule has 25 heavy (non-hydrogen) atoms. The van der Waals surface area contributed by atoms with E-state index >= 15 is 0 Å². The molecule has 4 rings (SSSR count). The van der Waals surface area contributed by atoms with E-state index in [0.717, 1.165) is 48.6 Å². The number of hydrogen-bond acceptors (Lipinski definition) is 2. The molecular weight excluding hydrogens is 377 g/mol. The van der Waals surface area contributed by atoms with Gasteiger partial charge in [-0.3, -0.25) is 0 Å². The maximum absolute atomic E-state index is 6.20. The minimum atomic E-state index is 0.588. The molecule has 0 bridgehead atoms. The lowest BCUT2D eigenvalue weighted by Crippen LogP contribution is -2.07. The van der Waals surface area contributed by atoms with Crippen LogP contribution < -0.4 is 5.32 Å². The molecular formula is C19H16Cl3N3. The fraction of sp³-hybridized carbons (Fsp3) is 0.211. The smallest absolute Gasteiger partial charge is 0.133 e. The molecule has 3 aromatic rings. The summed E-state index contributed by atoms with van der Waals surface area (Å²) in [6.07, 6.45) is 3.22. The second-order valence-electron chi connectivity index (χ2n) is 6.11. The van der Waals surface area contributed by atoms with Crippen molar-refractivity contribution in [1.29, 1.82) is 0 Å². The summed E-state index contributed by atoms with van der Waals surface area (Å²) in [6.45, 7) is 0.919. The summed E-state index contributed by atoms with van der Waals surface area (Å²) in [4.78, 5) is 0. The topological polar surface area (TPSA) is 29.9 Å². The number of nitrogens with one attached hydrogen (secondary N) is 1. The van der Waals surface area contributed by atoms with Crippen LogP contribution in [0, 0.1) is 0 Å². The van der Waals surface area contributed by atoms with Gasteiger partial charge in [0.2, 0.25) is 0 Å². The first-order valence-corrected chi connectivity index (χ1v) is 9.33. The van der Waals surface area contributed by atoms with E-state index in [4.69, 9.17) is 39.9 Å². The van der Waals surface area contributed by atoms with Crippen LogP contribution in [-0.2, 0) is 6.42 Å². The number of fused-ring (bicyclic) bond motifs is 1. The maximum Gasteiger partial charge on any atom is 0.133 e. The molecule has 1 aliphatic heterocycles. The van der Waals surface area contributed by atoms with Crippen LogP contribution in [0.3, 0.4) is 0 Å². The average Bonchev–Trinajstić information content (AvgIpc) is 2.76. The molecule has 0 saturated carbocycles. The molecule has 0 saturated heterocycles. The Kier molecular flexibility index (Phi) is 4.63. The Balaban J connectivity index is 1.93. The highest BCUT2D eigenvalue weighted by Gasteiger charge is 2.22. The van der Waals surface area contributed by atoms with Crippen molar-refractivity contribution >= 4 is 40.6 Å². The van der Waals surface area contributed by atoms with Gasteiger partial charge in [0.1, 0.15) is 5.82 Å². The van der Waals surface area contributed by atoms with Crippen LogP contribution in [0.1, 0.15) is 18.4 Å². The van der Waals surface area contributed by atoms with E-state index in [-0.39, 0.29) is 0 Å². The minimum Gasteiger partial charge on any atom is -0.370 e. The van der Waals surface area contributed by atoms with E-state index in [2.05, 4.69) is 5.32 Å². The molecule has 0 unspecified atom stereocenters. The number of rotatable bonds is 2. The van der Waals surface area contributed by atoms with Crippen LogP contribution in [0.5, 0.6) is 0 Å². The molecule has 1 aliphatic rings. The van der Waals surface area contributed by atoms with Crippen LogP contribution in [0.25, 0.3) is 16.9 Å². The number of halogens is 3. The first kappa shape index (κ1) is 16.8.